The summed E-state index contributed by atoms with van der Waals surface area (Å²) in [4.78, 5) is -2.29. The molecule has 19 nitrogen and oxygen atoms in total. The van der Waals surface area contributed by atoms with E-state index in [-0.39, 0.29) is 117 Å². The molecule has 0 amide bonds. The third-order valence-corrected chi connectivity index (χ3v) is 8.43. The Bertz CT molecular complexity index is 2580. The van der Waals surface area contributed by atoms with Crippen molar-refractivity contribution in [2.24, 2.45) is 30.7 Å². The molecule has 0 heterocycles. The summed E-state index contributed by atoms with van der Waals surface area (Å²) >= 11 is 0. The van der Waals surface area contributed by atoms with Crippen molar-refractivity contribution >= 4 is 81.4 Å². The first-order chi connectivity index (χ1) is 24.5. The van der Waals surface area contributed by atoms with Crippen molar-refractivity contribution in [2.75, 3.05) is 12.8 Å². The molecule has 0 fully saturated rings. The molecule has 0 saturated heterocycles. The fourth-order valence-electron chi connectivity index (χ4n) is 4.38. The summed E-state index contributed by atoms with van der Waals surface area (Å²) in [7, 11) is -12.4. The fourth-order valence-corrected chi connectivity index (χ4v) is 5.79. The Morgan fingerprint density at radius 1 is 0.709 bits per heavy atom. The Labute approximate surface area is 381 Å². The van der Waals surface area contributed by atoms with Crippen LogP contribution < -0.4 is 99.1 Å². The summed E-state index contributed by atoms with van der Waals surface area (Å²) < 4.78 is 101. The summed E-state index contributed by atoms with van der Waals surface area (Å²) in [5.41, 5.74) is 6.97. The Morgan fingerprint density at radius 2 is 1.18 bits per heavy atom. The second-order valence-corrected chi connectivity index (χ2v) is 13.0. The van der Waals surface area contributed by atoms with Crippen LogP contribution in [0.5, 0.6) is 11.5 Å². The van der Waals surface area contributed by atoms with Crippen LogP contribution in [0.15, 0.2) is 119 Å². The van der Waals surface area contributed by atoms with Gasteiger partial charge in [0, 0.05) is 17.0 Å². The van der Waals surface area contributed by atoms with Gasteiger partial charge in [-0.3, -0.25) is 0 Å². The molecule has 4 N–H and O–H groups in total. The molecule has 0 unspecified atom stereocenters. The number of rotatable bonds is 10. The smallest absolute Gasteiger partial charge is 0.744 e. The number of azo groups is 3. The van der Waals surface area contributed by atoms with Crippen LogP contribution in [0.25, 0.3) is 10.8 Å². The standard InChI is InChI=1S/C30H24N7O9S2.3Na.O3S/c1-46-25-14-23(36-34-20-9-7-19(8-10-20)33-32-18-5-3-2-4-6-18)17(16-38)13-24(25)37-35-22-12-11-21-26(47(40,41)42)15-27(48(43,44)45)29(31)28(21)30(22)39;;;;1-4(2)3/h3-15,38-39H,16,31H2,1H3,(H,40,41,42)(H,43,44,45);;;;/q-1;3*+1;/p-2. The number of phenols is 1. The molecule has 25 heteroatoms. The second kappa shape index (κ2) is 22.0. The van der Waals surface area contributed by atoms with E-state index in [1.165, 1.54) is 19.2 Å². The van der Waals surface area contributed by atoms with E-state index in [1.54, 1.807) is 48.5 Å². The van der Waals surface area contributed by atoms with Crippen molar-refractivity contribution in [2.45, 2.75) is 16.4 Å². The summed E-state index contributed by atoms with van der Waals surface area (Å²) in [5.74, 6) is -0.736. The van der Waals surface area contributed by atoms with E-state index in [0.29, 0.717) is 23.1 Å². The van der Waals surface area contributed by atoms with E-state index in [1.807, 2.05) is 0 Å². The zero-order chi connectivity index (χ0) is 38.2. The number of benzene rings is 5. The molecule has 0 bridgehead atoms. The molecule has 0 aliphatic heterocycles. The van der Waals surface area contributed by atoms with Gasteiger partial charge in [-0.2, -0.15) is 38.7 Å². The predicted octanol–water partition coefficient (Wildman–Crippen LogP) is -3.51. The van der Waals surface area contributed by atoms with Crippen LogP contribution in [0.1, 0.15) is 5.56 Å². The molecule has 270 valence electrons. The number of methoxy groups -OCH3 is 1. The monoisotopic (exact) mass is 837 g/mol. The summed E-state index contributed by atoms with van der Waals surface area (Å²) in [6, 6.07) is 21.9. The molecular weight excluding hydrogens is 816 g/mol. The Balaban J connectivity index is 0.00000206. The Morgan fingerprint density at radius 3 is 1.67 bits per heavy atom. The van der Waals surface area contributed by atoms with Crippen LogP contribution in [-0.4, -0.2) is 55.9 Å². The minimum atomic E-state index is -5.36. The average Bonchev–Trinajstić information content (AvgIpc) is 3.09. The van der Waals surface area contributed by atoms with Gasteiger partial charge in [-0.15, -0.1) is 35.0 Å². The molecule has 5 rings (SSSR count). The third-order valence-electron chi connectivity index (χ3n) is 6.68. The van der Waals surface area contributed by atoms with Crippen LogP contribution in [0.2, 0.25) is 0 Å². The van der Waals surface area contributed by atoms with Crippen molar-refractivity contribution in [1.29, 1.82) is 0 Å². The summed E-state index contributed by atoms with van der Waals surface area (Å²) in [6.07, 6.45) is 0. The molecular formula is C30H22N7Na3O12S3. The van der Waals surface area contributed by atoms with Crippen molar-refractivity contribution in [1.82, 2.24) is 0 Å². The normalized spacial score (nSPS) is 11.3. The fraction of sp³-hybridized carbons (Fsp3) is 0.0667. The maximum Gasteiger partial charge on any atom is 1.00 e. The Kier molecular flexibility index (Phi) is 20.0. The molecule has 0 aliphatic carbocycles. The van der Waals surface area contributed by atoms with Gasteiger partial charge in [0.2, 0.25) is 0 Å². The predicted molar refractivity (Wildman–Crippen MR) is 179 cm³/mol. The van der Waals surface area contributed by atoms with Gasteiger partial charge in [-0.25, -0.2) is 16.8 Å². The number of aliphatic hydroxyl groups is 1. The first-order valence-electron chi connectivity index (χ1n) is 13.9. The molecule has 5 aromatic rings. The van der Waals surface area contributed by atoms with Crippen LogP contribution in [0.3, 0.4) is 0 Å². The number of nitrogen functional groups attached to an aromatic ring is 1. The number of aromatic hydroxyl groups is 1. The average molecular weight is 838 g/mol. The summed E-state index contributed by atoms with van der Waals surface area (Å²) in [5, 5.41) is 44.5. The van der Waals surface area contributed by atoms with Crippen molar-refractivity contribution in [3.63, 3.8) is 0 Å². The van der Waals surface area contributed by atoms with Gasteiger partial charge >= 0.3 is 99.3 Å². The van der Waals surface area contributed by atoms with E-state index in [0.717, 1.165) is 12.1 Å². The molecule has 0 saturated carbocycles. The van der Waals surface area contributed by atoms with Crippen LogP contribution in [-0.2, 0) is 37.5 Å². The second-order valence-electron chi connectivity index (χ2n) is 9.94. The van der Waals surface area contributed by atoms with Gasteiger partial charge < -0.3 is 29.8 Å². The number of phenolic OH excluding ortho intramolecular Hbond substituents is 1. The minimum Gasteiger partial charge on any atom is -0.744 e. The van der Waals surface area contributed by atoms with Crippen molar-refractivity contribution in [3.8, 4) is 11.5 Å². The maximum absolute atomic E-state index is 11.8. The number of ether oxygens (including phenoxy) is 1. The third kappa shape index (κ3) is 13.5. The zero-order valence-electron chi connectivity index (χ0n) is 29.2. The number of fused-ring (bicyclic) bond motifs is 1. The topological polar surface area (TPSA) is 315 Å². The van der Waals surface area contributed by atoms with Gasteiger partial charge in [0.05, 0.1) is 51.6 Å². The van der Waals surface area contributed by atoms with Crippen LogP contribution in [0, 0.1) is 6.07 Å². The van der Waals surface area contributed by atoms with E-state index < -0.39 is 69.5 Å². The largest absolute Gasteiger partial charge is 1.00 e. The molecule has 0 atom stereocenters. The summed E-state index contributed by atoms with van der Waals surface area (Å²) in [6.45, 7) is -0.492. The van der Waals surface area contributed by atoms with Gasteiger partial charge in [0.25, 0.3) is 0 Å². The number of hydrogen-bond acceptors (Lipinski definition) is 19. The zero-order valence-corrected chi connectivity index (χ0v) is 37.6. The molecule has 0 aliphatic rings. The van der Waals surface area contributed by atoms with Gasteiger partial charge in [-0.05, 0) is 48.2 Å². The van der Waals surface area contributed by atoms with Gasteiger partial charge in [0.1, 0.15) is 37.4 Å². The Hall–Kier alpha value is -3.04. The van der Waals surface area contributed by atoms with Crippen molar-refractivity contribution in [3.05, 3.63) is 90.5 Å². The van der Waals surface area contributed by atoms with E-state index in [4.69, 9.17) is 23.1 Å². The maximum atomic E-state index is 11.8. The minimum absolute atomic E-state index is 0. The quantitative estimate of drug-likeness (QED) is 0.0405. The molecule has 0 radical (unpaired) electrons. The van der Waals surface area contributed by atoms with E-state index in [9.17, 15) is 36.2 Å². The number of nitrogens with zero attached hydrogens (tertiary/aromatic N) is 6. The molecule has 0 spiro atoms. The van der Waals surface area contributed by atoms with Gasteiger partial charge in [0.15, 0.2) is 5.75 Å². The number of nitrogens with two attached hydrogens (primary N) is 1. The molecule has 5 aromatic carbocycles. The number of anilines is 1. The number of hydrogen-bond donors (Lipinski definition) is 3. The SMILES string of the molecule is COc1cc(N=Nc2ccc(N=Nc3cc[c-]cc3)cc2)c(CO)cc1N=Nc1ccc2c(S(=O)(=O)[O-])cc(S(=O)(=O)[O-])c(N)c2c1O.O=S(=O)=O.[Na+].[Na+].[Na+]. The first kappa shape index (κ1) is 50.0. The van der Waals surface area contributed by atoms with Crippen LogP contribution in [0.4, 0.5) is 39.8 Å². The molecule has 55 heavy (non-hydrogen) atoms. The molecule has 0 aromatic heterocycles. The number of aliphatic hydroxyl groups excluding tert-OH is 1. The van der Waals surface area contributed by atoms with Crippen LogP contribution >= 0.6 is 0 Å². The van der Waals surface area contributed by atoms with Gasteiger partial charge in [-0.1, -0.05) is 6.07 Å². The first-order valence-corrected chi connectivity index (χ1v) is 17.7. The van der Waals surface area contributed by atoms with Crippen molar-refractivity contribution < 1.29 is 142 Å². The van der Waals surface area contributed by atoms with E-state index >= 15 is 0 Å². The van der Waals surface area contributed by atoms with E-state index in [2.05, 4.69) is 36.8 Å².